The normalized spacial score (nSPS) is 10.4. The number of aryl methyl sites for hydroxylation is 1. The molecule has 0 aliphatic rings. The van der Waals surface area contributed by atoms with Crippen molar-refractivity contribution >= 4 is 17.8 Å². The zero-order valence-electron chi connectivity index (χ0n) is 11.9. The van der Waals surface area contributed by atoms with E-state index in [1.165, 1.54) is 6.07 Å². The Labute approximate surface area is 121 Å². The summed E-state index contributed by atoms with van der Waals surface area (Å²) in [5, 5.41) is 0. The van der Waals surface area contributed by atoms with Crippen molar-refractivity contribution in [2.75, 3.05) is 5.73 Å². The van der Waals surface area contributed by atoms with Gasteiger partial charge in [-0.15, -0.1) is 0 Å². The number of anilines is 1. The van der Waals surface area contributed by atoms with Crippen molar-refractivity contribution in [3.8, 4) is 0 Å². The monoisotopic (exact) mass is 284 g/mol. The van der Waals surface area contributed by atoms with Gasteiger partial charge in [-0.1, -0.05) is 25.1 Å². The smallest absolute Gasteiger partial charge is 0.272 e. The van der Waals surface area contributed by atoms with Crippen molar-refractivity contribution in [2.45, 2.75) is 20.3 Å². The molecule has 0 saturated carbocycles. The summed E-state index contributed by atoms with van der Waals surface area (Å²) in [5.41, 5.74) is 7.56. The molecule has 108 valence electrons. The molecule has 5 nitrogen and oxygen atoms in total. The number of aromatic amines is 1. The third kappa shape index (κ3) is 2.63. The highest BCUT2D eigenvalue weighted by atomic mass is 16.1. The molecule has 0 unspecified atom stereocenters. The number of hydrogen-bond donors (Lipinski definition) is 2. The zero-order chi connectivity index (χ0) is 15.6. The Morgan fingerprint density at radius 2 is 2.10 bits per heavy atom. The van der Waals surface area contributed by atoms with Gasteiger partial charge < -0.3 is 10.7 Å². The number of hydrogen-bond acceptors (Lipinski definition) is 4. The molecule has 0 radical (unpaired) electrons. The van der Waals surface area contributed by atoms with Gasteiger partial charge in [0, 0.05) is 16.8 Å². The van der Waals surface area contributed by atoms with E-state index in [-0.39, 0.29) is 17.0 Å². The summed E-state index contributed by atoms with van der Waals surface area (Å²) in [4.78, 5) is 37.9. The molecular weight excluding hydrogens is 268 g/mol. The van der Waals surface area contributed by atoms with Crippen molar-refractivity contribution < 1.29 is 9.59 Å². The Morgan fingerprint density at radius 1 is 1.38 bits per heavy atom. The molecular formula is C16H16N2O3. The molecule has 0 amide bonds. The predicted octanol–water partition coefficient (Wildman–Crippen LogP) is 1.87. The number of pyridine rings is 1. The summed E-state index contributed by atoms with van der Waals surface area (Å²) in [5.74, 6) is -0.345. The van der Waals surface area contributed by atoms with Gasteiger partial charge in [0.25, 0.3) is 5.56 Å². The lowest BCUT2D eigenvalue weighted by molar-refractivity contribution is 0.103. The summed E-state index contributed by atoms with van der Waals surface area (Å²) in [6, 6.07) is 6.32. The van der Waals surface area contributed by atoms with Gasteiger partial charge in [-0.3, -0.25) is 14.4 Å². The fourth-order valence-electron chi connectivity index (χ4n) is 2.38. The molecule has 0 saturated heterocycles. The minimum absolute atomic E-state index is 0.0843. The van der Waals surface area contributed by atoms with Crippen LogP contribution in [0.3, 0.4) is 0 Å². The molecule has 21 heavy (non-hydrogen) atoms. The number of carbonyl (C=O) groups excluding carboxylic acids is 2. The minimum Gasteiger partial charge on any atom is -0.394 e. The average molecular weight is 284 g/mol. The Bertz CT molecular complexity index is 776. The number of nitrogens with one attached hydrogen (secondary N) is 1. The highest BCUT2D eigenvalue weighted by molar-refractivity contribution is 6.13. The third-order valence-corrected chi connectivity index (χ3v) is 3.43. The molecule has 2 rings (SSSR count). The van der Waals surface area contributed by atoms with E-state index >= 15 is 0 Å². The van der Waals surface area contributed by atoms with Gasteiger partial charge in [0.1, 0.15) is 12.0 Å². The first-order valence-electron chi connectivity index (χ1n) is 6.60. The van der Waals surface area contributed by atoms with Crippen LogP contribution in [0.2, 0.25) is 0 Å². The summed E-state index contributed by atoms with van der Waals surface area (Å²) in [7, 11) is 0. The molecule has 0 spiro atoms. The van der Waals surface area contributed by atoms with Crippen molar-refractivity contribution in [3.63, 3.8) is 0 Å². The fraction of sp³-hybridized carbons (Fsp3) is 0.188. The molecule has 3 N–H and O–H groups in total. The second-order valence-electron chi connectivity index (χ2n) is 4.77. The molecule has 5 heteroatoms. The fourth-order valence-corrected chi connectivity index (χ4v) is 2.38. The number of rotatable bonds is 4. The SMILES string of the molecule is CCc1c(C)[nH]c(=O)c(N)c1C(=O)c1cccc(C=O)c1. The molecule has 0 bridgehead atoms. The topological polar surface area (TPSA) is 93.0 Å². The van der Waals surface area contributed by atoms with Crippen LogP contribution in [-0.2, 0) is 6.42 Å². The van der Waals surface area contributed by atoms with Crippen molar-refractivity contribution in [3.05, 3.63) is 62.6 Å². The number of nitrogen functional groups attached to an aromatic ring is 1. The van der Waals surface area contributed by atoms with Crippen LogP contribution in [0.25, 0.3) is 0 Å². The van der Waals surface area contributed by atoms with Crippen LogP contribution < -0.4 is 11.3 Å². The molecule has 0 aliphatic heterocycles. The van der Waals surface area contributed by atoms with E-state index in [2.05, 4.69) is 4.98 Å². The van der Waals surface area contributed by atoms with E-state index in [9.17, 15) is 14.4 Å². The van der Waals surface area contributed by atoms with E-state index in [0.29, 0.717) is 35.1 Å². The van der Waals surface area contributed by atoms with E-state index < -0.39 is 5.56 Å². The summed E-state index contributed by atoms with van der Waals surface area (Å²) in [6.45, 7) is 3.62. The summed E-state index contributed by atoms with van der Waals surface area (Å²) < 4.78 is 0. The Hall–Kier alpha value is -2.69. The lowest BCUT2D eigenvalue weighted by Gasteiger charge is -2.12. The maximum atomic E-state index is 12.7. The second kappa shape index (κ2) is 5.75. The van der Waals surface area contributed by atoms with Gasteiger partial charge in [0.05, 0.1) is 5.56 Å². The molecule has 1 aromatic carbocycles. The number of ketones is 1. The molecule has 0 fully saturated rings. The van der Waals surface area contributed by atoms with Gasteiger partial charge in [0.15, 0.2) is 5.78 Å². The number of aldehydes is 1. The number of nitrogens with two attached hydrogens (primary N) is 1. The quantitative estimate of drug-likeness (QED) is 0.662. The van der Waals surface area contributed by atoms with Crippen LogP contribution in [-0.4, -0.2) is 17.1 Å². The van der Waals surface area contributed by atoms with Crippen LogP contribution in [0, 0.1) is 6.92 Å². The van der Waals surface area contributed by atoms with Crippen molar-refractivity contribution in [1.82, 2.24) is 4.98 Å². The predicted molar refractivity (Wildman–Crippen MR) is 80.9 cm³/mol. The van der Waals surface area contributed by atoms with E-state index in [1.54, 1.807) is 25.1 Å². The third-order valence-electron chi connectivity index (χ3n) is 3.43. The van der Waals surface area contributed by atoms with Gasteiger partial charge in [-0.05, 0) is 25.0 Å². The van der Waals surface area contributed by atoms with Crippen LogP contribution in [0.15, 0.2) is 29.1 Å². The van der Waals surface area contributed by atoms with Crippen LogP contribution in [0.4, 0.5) is 5.69 Å². The van der Waals surface area contributed by atoms with Crippen molar-refractivity contribution in [1.29, 1.82) is 0 Å². The lowest BCUT2D eigenvalue weighted by atomic mass is 9.94. The molecule has 2 aromatic rings. The van der Waals surface area contributed by atoms with E-state index in [0.717, 1.165) is 0 Å². The Kier molecular flexibility index (Phi) is 4.03. The first kappa shape index (κ1) is 14.7. The number of H-pyrrole nitrogens is 1. The van der Waals surface area contributed by atoms with Gasteiger partial charge in [-0.2, -0.15) is 0 Å². The highest BCUT2D eigenvalue weighted by Gasteiger charge is 2.20. The molecule has 1 aromatic heterocycles. The second-order valence-corrected chi connectivity index (χ2v) is 4.77. The number of benzene rings is 1. The number of carbonyl (C=O) groups is 2. The maximum Gasteiger partial charge on any atom is 0.272 e. The first-order valence-corrected chi connectivity index (χ1v) is 6.60. The average Bonchev–Trinajstić information content (AvgIpc) is 2.50. The minimum atomic E-state index is -0.473. The van der Waals surface area contributed by atoms with Crippen LogP contribution in [0.5, 0.6) is 0 Å². The van der Waals surface area contributed by atoms with E-state index in [1.807, 2.05) is 6.92 Å². The number of aromatic nitrogens is 1. The maximum absolute atomic E-state index is 12.7. The summed E-state index contributed by atoms with van der Waals surface area (Å²) >= 11 is 0. The Morgan fingerprint density at radius 3 is 2.71 bits per heavy atom. The van der Waals surface area contributed by atoms with Crippen molar-refractivity contribution in [2.24, 2.45) is 0 Å². The lowest BCUT2D eigenvalue weighted by Crippen LogP contribution is -2.22. The van der Waals surface area contributed by atoms with Gasteiger partial charge in [-0.25, -0.2) is 0 Å². The first-order chi connectivity index (χ1) is 9.99. The van der Waals surface area contributed by atoms with Gasteiger partial charge in [0.2, 0.25) is 0 Å². The van der Waals surface area contributed by atoms with Gasteiger partial charge >= 0.3 is 0 Å². The largest absolute Gasteiger partial charge is 0.394 e. The highest BCUT2D eigenvalue weighted by Crippen LogP contribution is 2.21. The standard InChI is InChI=1S/C16H16N2O3/c1-3-12-9(2)18-16(21)14(17)13(12)15(20)11-6-4-5-10(7-11)8-19/h4-8H,3,17H2,1-2H3,(H,18,21). The molecule has 1 heterocycles. The molecule has 0 aliphatic carbocycles. The zero-order valence-corrected chi connectivity index (χ0v) is 11.9. The van der Waals surface area contributed by atoms with Crippen LogP contribution >= 0.6 is 0 Å². The Balaban J connectivity index is 2.68. The summed E-state index contributed by atoms with van der Waals surface area (Å²) in [6.07, 6.45) is 1.24. The molecule has 0 atom stereocenters. The van der Waals surface area contributed by atoms with Crippen LogP contribution in [0.1, 0.15) is 44.5 Å². The van der Waals surface area contributed by atoms with E-state index in [4.69, 9.17) is 5.73 Å².